The number of carbonyl (C=O) groups excluding carboxylic acids is 2. The average molecular weight is 407 g/mol. The number of aromatic nitrogens is 1. The van der Waals surface area contributed by atoms with E-state index in [0.717, 1.165) is 29.2 Å². The summed E-state index contributed by atoms with van der Waals surface area (Å²) in [5.74, 6) is 0.000149. The number of para-hydroxylation sites is 1. The highest BCUT2D eigenvalue weighted by Gasteiger charge is 2.21. The van der Waals surface area contributed by atoms with Crippen molar-refractivity contribution >= 4 is 29.2 Å². The van der Waals surface area contributed by atoms with E-state index in [1.54, 1.807) is 17.4 Å². The second kappa shape index (κ2) is 8.09. The van der Waals surface area contributed by atoms with Gasteiger partial charge in [-0.3, -0.25) is 4.79 Å². The van der Waals surface area contributed by atoms with E-state index in [0.29, 0.717) is 11.1 Å². The molecule has 0 bridgehead atoms. The molecule has 0 radical (unpaired) electrons. The third kappa shape index (κ3) is 4.03. The minimum atomic E-state index is -0.528. The van der Waals surface area contributed by atoms with E-state index in [2.05, 4.69) is 10.6 Å². The molecule has 0 atom stereocenters. The van der Waals surface area contributed by atoms with E-state index >= 15 is 0 Å². The molecule has 2 aromatic heterocycles. The van der Waals surface area contributed by atoms with Crippen LogP contribution in [0.15, 0.2) is 53.4 Å². The first-order valence-electron chi connectivity index (χ1n) is 9.35. The van der Waals surface area contributed by atoms with E-state index in [-0.39, 0.29) is 19.0 Å². The van der Waals surface area contributed by atoms with Crippen molar-refractivity contribution in [3.05, 3.63) is 80.8 Å². The van der Waals surface area contributed by atoms with Crippen molar-refractivity contribution in [1.82, 2.24) is 4.57 Å². The van der Waals surface area contributed by atoms with Gasteiger partial charge in [0.1, 0.15) is 12.4 Å². The standard InChI is InChI=1S/C23H21NO4S/c1-15-10-20(16(2)24(15)12-19-7-5-9-29-19)21(25)14-28-23(26)18-11-17-6-3-4-8-22(17)27-13-18/h3-11H,12-14H2,1-2H3. The van der Waals surface area contributed by atoms with Crippen LogP contribution in [0.2, 0.25) is 0 Å². The second-order valence-corrected chi connectivity index (χ2v) is 7.98. The molecule has 4 rings (SSSR count). The summed E-state index contributed by atoms with van der Waals surface area (Å²) in [5, 5.41) is 2.04. The smallest absolute Gasteiger partial charge is 0.337 e. The zero-order valence-corrected chi connectivity index (χ0v) is 17.1. The van der Waals surface area contributed by atoms with Gasteiger partial charge in [0.05, 0.1) is 12.1 Å². The van der Waals surface area contributed by atoms with Gasteiger partial charge in [0, 0.05) is 27.4 Å². The summed E-state index contributed by atoms with van der Waals surface area (Å²) in [6.45, 7) is 4.47. The summed E-state index contributed by atoms with van der Waals surface area (Å²) in [6, 6.07) is 13.4. The molecule has 3 aromatic rings. The monoisotopic (exact) mass is 407 g/mol. The van der Waals surface area contributed by atoms with Crippen LogP contribution in [0.1, 0.15) is 32.2 Å². The normalized spacial score (nSPS) is 12.7. The van der Waals surface area contributed by atoms with Gasteiger partial charge in [0.15, 0.2) is 6.61 Å². The van der Waals surface area contributed by atoms with Gasteiger partial charge < -0.3 is 14.0 Å². The van der Waals surface area contributed by atoms with Crippen molar-refractivity contribution in [1.29, 1.82) is 0 Å². The fraction of sp³-hybridized carbons (Fsp3) is 0.217. The molecule has 0 unspecified atom stereocenters. The number of rotatable bonds is 6. The summed E-state index contributed by atoms with van der Waals surface area (Å²) in [5.41, 5.74) is 3.71. The fourth-order valence-corrected chi connectivity index (χ4v) is 4.11. The van der Waals surface area contributed by atoms with Gasteiger partial charge in [-0.2, -0.15) is 0 Å². The number of benzene rings is 1. The molecular formula is C23H21NO4S. The number of carbonyl (C=O) groups is 2. The summed E-state index contributed by atoms with van der Waals surface area (Å²) in [6.07, 6.45) is 1.75. The van der Waals surface area contributed by atoms with Crippen molar-refractivity contribution < 1.29 is 19.1 Å². The molecule has 0 amide bonds. The molecule has 0 spiro atoms. The zero-order chi connectivity index (χ0) is 20.4. The number of hydrogen-bond donors (Lipinski definition) is 0. The molecule has 0 aliphatic carbocycles. The van der Waals surface area contributed by atoms with E-state index in [4.69, 9.17) is 9.47 Å². The molecule has 1 aliphatic rings. The van der Waals surface area contributed by atoms with E-state index in [9.17, 15) is 9.59 Å². The quantitative estimate of drug-likeness (QED) is 0.448. The van der Waals surface area contributed by atoms with Crippen LogP contribution in [0.5, 0.6) is 5.75 Å². The minimum absolute atomic E-state index is 0.138. The Morgan fingerprint density at radius 2 is 2.00 bits per heavy atom. The lowest BCUT2D eigenvalue weighted by atomic mass is 10.1. The van der Waals surface area contributed by atoms with Crippen molar-refractivity contribution in [2.45, 2.75) is 20.4 Å². The Bertz CT molecular complexity index is 1090. The number of thiophene rings is 1. The lowest BCUT2D eigenvalue weighted by Crippen LogP contribution is -2.20. The number of ketones is 1. The van der Waals surface area contributed by atoms with Crippen molar-refractivity contribution in [3.63, 3.8) is 0 Å². The Morgan fingerprint density at radius 3 is 2.79 bits per heavy atom. The number of fused-ring (bicyclic) bond motifs is 1. The average Bonchev–Trinajstić information content (AvgIpc) is 3.35. The summed E-state index contributed by atoms with van der Waals surface area (Å²) < 4.78 is 13.0. The fourth-order valence-electron chi connectivity index (χ4n) is 3.42. The van der Waals surface area contributed by atoms with Gasteiger partial charge in [-0.25, -0.2) is 4.79 Å². The van der Waals surface area contributed by atoms with Gasteiger partial charge in [0.25, 0.3) is 0 Å². The van der Waals surface area contributed by atoms with Gasteiger partial charge in [-0.05, 0) is 43.5 Å². The number of hydrogen-bond acceptors (Lipinski definition) is 5. The maximum Gasteiger partial charge on any atom is 0.337 e. The molecule has 3 heterocycles. The third-order valence-corrected chi connectivity index (χ3v) is 5.86. The van der Waals surface area contributed by atoms with E-state index in [1.807, 2.05) is 55.6 Å². The van der Waals surface area contributed by atoms with Gasteiger partial charge in [-0.1, -0.05) is 24.3 Å². The molecule has 29 heavy (non-hydrogen) atoms. The SMILES string of the molecule is Cc1cc(C(=O)COC(=O)C2=Cc3ccccc3OC2)c(C)n1Cc1cccs1. The first-order valence-corrected chi connectivity index (χ1v) is 10.2. The van der Waals surface area contributed by atoms with Crippen LogP contribution in [0.3, 0.4) is 0 Å². The number of esters is 1. The summed E-state index contributed by atoms with van der Waals surface area (Å²) in [7, 11) is 0. The predicted octanol–water partition coefficient (Wildman–Crippen LogP) is 4.42. The number of aryl methyl sites for hydroxylation is 1. The van der Waals surface area contributed by atoms with E-state index < -0.39 is 5.97 Å². The molecule has 6 heteroatoms. The maximum absolute atomic E-state index is 12.7. The third-order valence-electron chi connectivity index (χ3n) is 5.00. The number of ether oxygens (including phenoxy) is 2. The zero-order valence-electron chi connectivity index (χ0n) is 16.3. The Balaban J connectivity index is 1.43. The highest BCUT2D eigenvalue weighted by atomic mass is 32.1. The summed E-state index contributed by atoms with van der Waals surface area (Å²) in [4.78, 5) is 26.3. The molecule has 1 aliphatic heterocycles. The van der Waals surface area contributed by atoms with Gasteiger partial charge in [0.2, 0.25) is 5.78 Å². The molecular weight excluding hydrogens is 386 g/mol. The first-order chi connectivity index (χ1) is 14.0. The topological polar surface area (TPSA) is 57.5 Å². The van der Waals surface area contributed by atoms with E-state index in [1.165, 1.54) is 4.88 Å². The molecule has 0 saturated carbocycles. The largest absolute Gasteiger partial charge is 0.488 e. The Morgan fingerprint density at radius 1 is 1.17 bits per heavy atom. The van der Waals surface area contributed by atoms with Crippen LogP contribution in [0.25, 0.3) is 6.08 Å². The first kappa shape index (κ1) is 19.2. The van der Waals surface area contributed by atoms with Crippen molar-refractivity contribution in [2.24, 2.45) is 0 Å². The molecule has 5 nitrogen and oxygen atoms in total. The lowest BCUT2D eigenvalue weighted by Gasteiger charge is -2.16. The van der Waals surface area contributed by atoms with Crippen molar-refractivity contribution in [2.75, 3.05) is 13.2 Å². The number of nitrogens with zero attached hydrogens (tertiary/aromatic N) is 1. The van der Waals surface area contributed by atoms with Crippen LogP contribution in [-0.2, 0) is 16.1 Å². The maximum atomic E-state index is 12.7. The highest BCUT2D eigenvalue weighted by Crippen LogP contribution is 2.26. The van der Waals surface area contributed by atoms with Gasteiger partial charge in [-0.15, -0.1) is 11.3 Å². The molecule has 0 N–H and O–H groups in total. The van der Waals surface area contributed by atoms with Crippen LogP contribution in [0, 0.1) is 13.8 Å². The van der Waals surface area contributed by atoms with Gasteiger partial charge >= 0.3 is 5.97 Å². The molecule has 0 fully saturated rings. The second-order valence-electron chi connectivity index (χ2n) is 6.95. The van der Waals surface area contributed by atoms with Crippen LogP contribution >= 0.6 is 11.3 Å². The van der Waals surface area contributed by atoms with Crippen molar-refractivity contribution in [3.8, 4) is 5.75 Å². The molecule has 1 aromatic carbocycles. The highest BCUT2D eigenvalue weighted by molar-refractivity contribution is 7.09. The lowest BCUT2D eigenvalue weighted by molar-refractivity contribution is -0.138. The molecule has 148 valence electrons. The van der Waals surface area contributed by atoms with Crippen LogP contribution < -0.4 is 4.74 Å². The number of Topliss-reactive ketones (excluding diaryl/α,β-unsaturated/α-hetero) is 1. The predicted molar refractivity (Wildman–Crippen MR) is 113 cm³/mol. The summed E-state index contributed by atoms with van der Waals surface area (Å²) >= 11 is 1.68. The molecule has 0 saturated heterocycles. The van der Waals surface area contributed by atoms with Crippen LogP contribution in [-0.4, -0.2) is 29.5 Å². The van der Waals surface area contributed by atoms with Crippen LogP contribution in [0.4, 0.5) is 0 Å². The Kier molecular flexibility index (Phi) is 5.36. The Labute approximate surface area is 173 Å². The Hall–Kier alpha value is -3.12. The minimum Gasteiger partial charge on any atom is -0.488 e.